The fraction of sp³-hybridized carbons (Fsp3) is 0.538. The van der Waals surface area contributed by atoms with Gasteiger partial charge >= 0.3 is 5.97 Å². The van der Waals surface area contributed by atoms with Crippen LogP contribution in [0.1, 0.15) is 31.1 Å². The number of nitrogens with two attached hydrogens (primary N) is 1. The number of nitrogen functional groups attached to an aromatic ring is 1. The molecule has 1 heterocycles. The van der Waals surface area contributed by atoms with Crippen LogP contribution in [0.15, 0.2) is 12.3 Å². The zero-order chi connectivity index (χ0) is 13.7. The summed E-state index contributed by atoms with van der Waals surface area (Å²) in [7, 11) is 1.36. The van der Waals surface area contributed by atoms with E-state index in [4.69, 9.17) is 10.5 Å². The van der Waals surface area contributed by atoms with Crippen LogP contribution in [-0.2, 0) is 4.74 Å². The second-order valence-corrected chi connectivity index (χ2v) is 4.55. The van der Waals surface area contributed by atoms with Crippen molar-refractivity contribution in [3.8, 4) is 0 Å². The largest absolute Gasteiger partial charge is 0.465 e. The first-order valence-electron chi connectivity index (χ1n) is 6.08. The third-order valence-corrected chi connectivity index (χ3v) is 2.62. The maximum atomic E-state index is 11.8. The third kappa shape index (κ3) is 3.35. The molecule has 0 saturated heterocycles. The molecule has 0 atom stereocenters. The van der Waals surface area contributed by atoms with E-state index < -0.39 is 0 Å². The molecule has 1 rings (SSSR count). The summed E-state index contributed by atoms with van der Waals surface area (Å²) in [6.45, 7) is 7.95. The topological polar surface area (TPSA) is 68.5 Å². The van der Waals surface area contributed by atoms with Crippen LogP contribution >= 0.6 is 0 Å². The first-order valence-corrected chi connectivity index (χ1v) is 6.08. The van der Waals surface area contributed by atoms with Crippen LogP contribution in [0.4, 0.5) is 11.5 Å². The van der Waals surface area contributed by atoms with Gasteiger partial charge in [-0.1, -0.05) is 13.8 Å². The summed E-state index contributed by atoms with van der Waals surface area (Å²) in [5.74, 6) is 0.425. The number of aromatic nitrogens is 1. The van der Waals surface area contributed by atoms with Gasteiger partial charge in [-0.15, -0.1) is 0 Å². The number of hydrogen-bond acceptors (Lipinski definition) is 5. The molecule has 0 spiro atoms. The van der Waals surface area contributed by atoms with Crippen LogP contribution in [0.3, 0.4) is 0 Å². The molecule has 0 saturated carbocycles. The molecule has 1 aromatic rings. The molecule has 2 N–H and O–H groups in total. The summed E-state index contributed by atoms with van der Waals surface area (Å²) in [6.07, 6.45) is 1.63. The van der Waals surface area contributed by atoms with Crippen molar-refractivity contribution in [2.75, 3.05) is 30.8 Å². The van der Waals surface area contributed by atoms with Crippen LogP contribution in [0.2, 0.25) is 0 Å². The van der Waals surface area contributed by atoms with Crippen molar-refractivity contribution in [3.05, 3.63) is 17.8 Å². The van der Waals surface area contributed by atoms with Crippen LogP contribution in [-0.4, -0.2) is 31.2 Å². The van der Waals surface area contributed by atoms with E-state index in [1.807, 2.05) is 6.92 Å². The Morgan fingerprint density at radius 2 is 2.22 bits per heavy atom. The Balaban J connectivity index is 3.16. The Hall–Kier alpha value is -1.78. The molecule has 0 unspecified atom stereocenters. The molecular weight excluding hydrogens is 230 g/mol. The van der Waals surface area contributed by atoms with E-state index in [2.05, 4.69) is 23.7 Å². The van der Waals surface area contributed by atoms with E-state index in [9.17, 15) is 4.79 Å². The van der Waals surface area contributed by atoms with Crippen molar-refractivity contribution in [1.82, 2.24) is 4.98 Å². The third-order valence-electron chi connectivity index (χ3n) is 2.62. The van der Waals surface area contributed by atoms with Crippen LogP contribution in [0.25, 0.3) is 0 Å². The van der Waals surface area contributed by atoms with Crippen molar-refractivity contribution in [2.45, 2.75) is 20.8 Å². The van der Waals surface area contributed by atoms with Crippen LogP contribution < -0.4 is 10.6 Å². The van der Waals surface area contributed by atoms with Crippen molar-refractivity contribution in [3.63, 3.8) is 0 Å². The lowest BCUT2D eigenvalue weighted by atomic mass is 10.1. The molecule has 0 aromatic carbocycles. The molecule has 100 valence electrons. The summed E-state index contributed by atoms with van der Waals surface area (Å²) in [5.41, 5.74) is 6.86. The van der Waals surface area contributed by atoms with Gasteiger partial charge in [-0.25, -0.2) is 9.78 Å². The molecule has 0 aliphatic carbocycles. The van der Waals surface area contributed by atoms with E-state index in [0.717, 1.165) is 18.8 Å². The molecule has 0 aliphatic heterocycles. The number of hydrogen-bond donors (Lipinski definition) is 1. The van der Waals surface area contributed by atoms with Gasteiger partial charge in [0.1, 0.15) is 5.82 Å². The fourth-order valence-corrected chi connectivity index (χ4v) is 1.83. The van der Waals surface area contributed by atoms with Crippen molar-refractivity contribution in [1.29, 1.82) is 0 Å². The predicted octanol–water partition coefficient (Wildman–Crippen LogP) is 1.93. The van der Waals surface area contributed by atoms with Gasteiger partial charge in [0.25, 0.3) is 0 Å². The number of anilines is 2. The van der Waals surface area contributed by atoms with Gasteiger partial charge in [-0.2, -0.15) is 0 Å². The fourth-order valence-electron chi connectivity index (χ4n) is 1.83. The zero-order valence-corrected chi connectivity index (χ0v) is 11.4. The van der Waals surface area contributed by atoms with Gasteiger partial charge < -0.3 is 15.4 Å². The number of methoxy groups -OCH3 is 1. The molecule has 0 aliphatic rings. The number of nitrogens with zero attached hydrogens (tertiary/aromatic N) is 2. The number of esters is 1. The Kier molecular flexibility index (Phi) is 4.95. The number of carbonyl (C=O) groups is 1. The monoisotopic (exact) mass is 251 g/mol. The van der Waals surface area contributed by atoms with E-state index in [0.29, 0.717) is 17.3 Å². The SMILES string of the molecule is CCN(CC(C)C)c1cnc(N)cc1C(=O)OC. The summed E-state index contributed by atoms with van der Waals surface area (Å²) in [6, 6.07) is 1.56. The van der Waals surface area contributed by atoms with Gasteiger partial charge in [0, 0.05) is 13.1 Å². The van der Waals surface area contributed by atoms with Gasteiger partial charge in [0.15, 0.2) is 0 Å². The average Bonchev–Trinajstić information content (AvgIpc) is 2.35. The summed E-state index contributed by atoms with van der Waals surface area (Å²) in [4.78, 5) is 17.9. The highest BCUT2D eigenvalue weighted by Crippen LogP contribution is 2.23. The summed E-state index contributed by atoms with van der Waals surface area (Å²) >= 11 is 0. The maximum absolute atomic E-state index is 11.8. The Labute approximate surface area is 108 Å². The highest BCUT2D eigenvalue weighted by atomic mass is 16.5. The first-order chi connectivity index (χ1) is 8.49. The molecule has 18 heavy (non-hydrogen) atoms. The molecule has 5 heteroatoms. The van der Waals surface area contributed by atoms with Crippen molar-refractivity contribution >= 4 is 17.5 Å². The summed E-state index contributed by atoms with van der Waals surface area (Å²) < 4.78 is 4.78. The van der Waals surface area contributed by atoms with Crippen LogP contribution in [0.5, 0.6) is 0 Å². The quantitative estimate of drug-likeness (QED) is 0.810. The molecule has 0 fully saturated rings. The highest BCUT2D eigenvalue weighted by molar-refractivity contribution is 5.96. The minimum atomic E-state index is -0.388. The minimum absolute atomic E-state index is 0.319. The Morgan fingerprint density at radius 1 is 1.56 bits per heavy atom. The standard InChI is InChI=1S/C13H21N3O2/c1-5-16(8-9(2)3)11-7-15-12(14)6-10(11)13(17)18-4/h6-7,9H,5,8H2,1-4H3,(H2,14,15). The molecule has 0 bridgehead atoms. The number of carbonyl (C=O) groups excluding carboxylic acids is 1. The van der Waals surface area contributed by atoms with Gasteiger partial charge in [0.05, 0.1) is 24.6 Å². The van der Waals surface area contributed by atoms with E-state index >= 15 is 0 Å². The molecule has 0 amide bonds. The number of ether oxygens (including phenoxy) is 1. The lowest BCUT2D eigenvalue weighted by Gasteiger charge is -2.26. The summed E-state index contributed by atoms with van der Waals surface area (Å²) in [5, 5.41) is 0. The molecule has 5 nitrogen and oxygen atoms in total. The van der Waals surface area contributed by atoms with E-state index in [1.54, 1.807) is 12.3 Å². The Bertz CT molecular complexity index is 419. The normalized spacial score (nSPS) is 10.5. The Morgan fingerprint density at radius 3 is 2.72 bits per heavy atom. The van der Waals surface area contributed by atoms with E-state index in [-0.39, 0.29) is 5.97 Å². The van der Waals surface area contributed by atoms with Crippen molar-refractivity contribution < 1.29 is 9.53 Å². The van der Waals surface area contributed by atoms with Gasteiger partial charge in [0.2, 0.25) is 0 Å². The molecule has 1 aromatic heterocycles. The number of pyridine rings is 1. The molecule has 0 radical (unpaired) electrons. The smallest absolute Gasteiger partial charge is 0.340 e. The zero-order valence-electron chi connectivity index (χ0n) is 11.4. The first kappa shape index (κ1) is 14.3. The molecular formula is C13H21N3O2. The predicted molar refractivity (Wildman–Crippen MR) is 72.7 cm³/mol. The second-order valence-electron chi connectivity index (χ2n) is 4.55. The lowest BCUT2D eigenvalue weighted by Crippen LogP contribution is -2.29. The van der Waals surface area contributed by atoms with Crippen LogP contribution in [0, 0.1) is 5.92 Å². The number of rotatable bonds is 5. The van der Waals surface area contributed by atoms with Gasteiger partial charge in [-0.05, 0) is 18.9 Å². The lowest BCUT2D eigenvalue weighted by molar-refractivity contribution is 0.0601. The highest BCUT2D eigenvalue weighted by Gasteiger charge is 2.18. The second kappa shape index (κ2) is 6.23. The van der Waals surface area contributed by atoms with Crippen molar-refractivity contribution in [2.24, 2.45) is 5.92 Å². The van der Waals surface area contributed by atoms with Gasteiger partial charge in [-0.3, -0.25) is 0 Å². The minimum Gasteiger partial charge on any atom is -0.465 e. The average molecular weight is 251 g/mol. The maximum Gasteiger partial charge on any atom is 0.340 e. The van der Waals surface area contributed by atoms with E-state index in [1.165, 1.54) is 7.11 Å².